The molecular formula is C6H11N5O2. The summed E-state index contributed by atoms with van der Waals surface area (Å²) in [5.41, 5.74) is 5.10. The average molecular weight is 185 g/mol. The third-order valence-corrected chi connectivity index (χ3v) is 1.29. The molecule has 7 heteroatoms. The molecule has 0 aliphatic carbocycles. The van der Waals surface area contributed by atoms with Gasteiger partial charge < -0.3 is 15.9 Å². The van der Waals surface area contributed by atoms with Gasteiger partial charge >= 0.3 is 0 Å². The first-order chi connectivity index (χ1) is 6.22. The topological polar surface area (TPSA) is 118 Å². The molecule has 0 amide bonds. The molecule has 1 atom stereocenters. The smallest absolute Gasteiger partial charge is 0.177 e. The van der Waals surface area contributed by atoms with Crippen LogP contribution in [0.2, 0.25) is 0 Å². The van der Waals surface area contributed by atoms with Gasteiger partial charge in [0.1, 0.15) is 6.23 Å². The highest BCUT2D eigenvalue weighted by Gasteiger charge is 2.04. The minimum absolute atomic E-state index is 0.0395. The molecule has 0 saturated heterocycles. The Kier molecular flexibility index (Phi) is 3.62. The molecular weight excluding hydrogens is 174 g/mol. The molecule has 1 unspecified atom stereocenters. The second-order valence-electron chi connectivity index (χ2n) is 2.48. The highest BCUT2D eigenvalue weighted by molar-refractivity contribution is 4.83. The highest BCUT2D eigenvalue weighted by atomic mass is 16.3. The molecule has 4 N–H and O–H groups in total. The fraction of sp³-hybridized carbons (Fsp3) is 0.667. The Morgan fingerprint density at radius 2 is 1.69 bits per heavy atom. The Morgan fingerprint density at radius 3 is 2.15 bits per heavy atom. The van der Waals surface area contributed by atoms with Crippen molar-refractivity contribution in [1.29, 1.82) is 0 Å². The molecule has 0 aromatic carbocycles. The van der Waals surface area contributed by atoms with Crippen LogP contribution in [0.25, 0.3) is 0 Å². The van der Waals surface area contributed by atoms with Crippen LogP contribution in [0.3, 0.4) is 0 Å². The van der Waals surface area contributed by atoms with Crippen molar-refractivity contribution >= 4 is 0 Å². The molecule has 1 rings (SSSR count). The molecule has 1 heterocycles. The van der Waals surface area contributed by atoms with E-state index in [1.165, 1.54) is 0 Å². The van der Waals surface area contributed by atoms with Gasteiger partial charge in [-0.2, -0.15) is 0 Å². The molecule has 72 valence electrons. The lowest BCUT2D eigenvalue weighted by Gasteiger charge is -2.00. The number of aliphatic hydroxyl groups excluding tert-OH is 2. The molecule has 0 aliphatic rings. The first kappa shape index (κ1) is 9.90. The molecule has 0 radical (unpaired) electrons. The van der Waals surface area contributed by atoms with Gasteiger partial charge in [-0.15, -0.1) is 20.4 Å². The summed E-state index contributed by atoms with van der Waals surface area (Å²) in [4.78, 5) is 0. The van der Waals surface area contributed by atoms with E-state index in [0.717, 1.165) is 0 Å². The van der Waals surface area contributed by atoms with E-state index < -0.39 is 6.23 Å². The standard InChI is InChI=1S/C6H11N5O2/c7-4(13)3-6-10-8-5(1-2-12)9-11-6/h4,12-13H,1-3,7H2. The summed E-state index contributed by atoms with van der Waals surface area (Å²) >= 11 is 0. The van der Waals surface area contributed by atoms with Crippen molar-refractivity contribution in [1.82, 2.24) is 20.4 Å². The van der Waals surface area contributed by atoms with Crippen LogP contribution in [0.1, 0.15) is 11.6 Å². The third kappa shape index (κ3) is 3.36. The Hall–Kier alpha value is -1.18. The zero-order chi connectivity index (χ0) is 9.68. The van der Waals surface area contributed by atoms with Gasteiger partial charge in [0.2, 0.25) is 0 Å². The maximum Gasteiger partial charge on any atom is 0.177 e. The Labute approximate surface area is 74.6 Å². The van der Waals surface area contributed by atoms with E-state index in [2.05, 4.69) is 20.4 Å². The number of hydrogen-bond donors (Lipinski definition) is 3. The fourth-order valence-corrected chi connectivity index (χ4v) is 0.740. The SMILES string of the molecule is NC(O)Cc1nnc(CCO)nn1. The molecule has 1 aromatic rings. The summed E-state index contributed by atoms with van der Waals surface area (Å²) in [5.74, 6) is 0.662. The largest absolute Gasteiger partial charge is 0.396 e. The van der Waals surface area contributed by atoms with Crippen LogP contribution in [0.5, 0.6) is 0 Å². The molecule has 0 fully saturated rings. The van der Waals surface area contributed by atoms with Crippen molar-refractivity contribution in [2.75, 3.05) is 6.61 Å². The maximum absolute atomic E-state index is 8.78. The van der Waals surface area contributed by atoms with Gasteiger partial charge in [-0.3, -0.25) is 0 Å². The normalized spacial score (nSPS) is 12.8. The molecule has 0 aliphatic heterocycles. The molecule has 0 spiro atoms. The van der Waals surface area contributed by atoms with Gasteiger partial charge in [-0.05, 0) is 0 Å². The quantitative estimate of drug-likeness (QED) is 0.448. The maximum atomic E-state index is 8.78. The molecule has 1 aromatic heterocycles. The molecule has 0 bridgehead atoms. The second kappa shape index (κ2) is 4.75. The summed E-state index contributed by atoms with van der Waals surface area (Å²) in [6, 6.07) is 0. The number of nitrogens with two attached hydrogens (primary N) is 1. The van der Waals surface area contributed by atoms with Crippen LogP contribution in [0.4, 0.5) is 0 Å². The second-order valence-corrected chi connectivity index (χ2v) is 2.48. The Bertz CT molecular complexity index is 250. The lowest BCUT2D eigenvalue weighted by molar-refractivity contribution is 0.179. The van der Waals surface area contributed by atoms with Gasteiger partial charge in [0.25, 0.3) is 0 Å². The Balaban J connectivity index is 2.59. The zero-order valence-corrected chi connectivity index (χ0v) is 6.96. The van der Waals surface area contributed by atoms with Gasteiger partial charge in [-0.25, -0.2) is 0 Å². The number of nitrogens with zero attached hydrogens (tertiary/aromatic N) is 4. The number of rotatable bonds is 4. The van der Waals surface area contributed by atoms with E-state index >= 15 is 0 Å². The van der Waals surface area contributed by atoms with Crippen molar-refractivity contribution in [2.24, 2.45) is 5.73 Å². The van der Waals surface area contributed by atoms with E-state index in [1.807, 2.05) is 0 Å². The lowest BCUT2D eigenvalue weighted by Crippen LogP contribution is -2.23. The van der Waals surface area contributed by atoms with E-state index in [0.29, 0.717) is 12.2 Å². The first-order valence-electron chi connectivity index (χ1n) is 3.82. The van der Waals surface area contributed by atoms with Crippen molar-refractivity contribution < 1.29 is 10.2 Å². The van der Waals surface area contributed by atoms with Crippen molar-refractivity contribution in [3.05, 3.63) is 11.6 Å². The lowest BCUT2D eigenvalue weighted by atomic mass is 10.4. The fourth-order valence-electron chi connectivity index (χ4n) is 0.740. The number of aromatic nitrogens is 4. The summed E-state index contributed by atoms with van der Waals surface area (Å²) in [7, 11) is 0. The molecule has 7 nitrogen and oxygen atoms in total. The zero-order valence-electron chi connectivity index (χ0n) is 6.96. The summed E-state index contributed by atoms with van der Waals surface area (Å²) in [6.07, 6.45) is -0.544. The Morgan fingerprint density at radius 1 is 1.15 bits per heavy atom. The summed E-state index contributed by atoms with van der Waals surface area (Å²) in [5, 5.41) is 32.0. The summed E-state index contributed by atoms with van der Waals surface area (Å²) in [6.45, 7) is -0.0395. The van der Waals surface area contributed by atoms with Crippen LogP contribution < -0.4 is 5.73 Å². The average Bonchev–Trinajstić information content (AvgIpc) is 2.08. The van der Waals surface area contributed by atoms with Crippen LogP contribution >= 0.6 is 0 Å². The van der Waals surface area contributed by atoms with Crippen molar-refractivity contribution in [3.8, 4) is 0 Å². The number of hydrogen-bond acceptors (Lipinski definition) is 7. The molecule has 0 saturated carbocycles. The van der Waals surface area contributed by atoms with Crippen molar-refractivity contribution in [3.63, 3.8) is 0 Å². The van der Waals surface area contributed by atoms with Gasteiger partial charge in [0.05, 0.1) is 13.0 Å². The highest BCUT2D eigenvalue weighted by Crippen LogP contribution is 1.90. The van der Waals surface area contributed by atoms with Crippen LogP contribution in [0, 0.1) is 0 Å². The summed E-state index contributed by atoms with van der Waals surface area (Å²) < 4.78 is 0. The predicted octanol–water partition coefficient (Wildman–Crippen LogP) is -2.38. The van der Waals surface area contributed by atoms with Crippen LogP contribution in [-0.2, 0) is 12.8 Å². The predicted molar refractivity (Wildman–Crippen MR) is 42.3 cm³/mol. The van der Waals surface area contributed by atoms with Gasteiger partial charge in [-0.1, -0.05) is 0 Å². The van der Waals surface area contributed by atoms with Crippen LogP contribution in [0.15, 0.2) is 0 Å². The number of aliphatic hydroxyl groups is 2. The van der Waals surface area contributed by atoms with Crippen LogP contribution in [-0.4, -0.2) is 43.4 Å². The molecule has 13 heavy (non-hydrogen) atoms. The monoisotopic (exact) mass is 185 g/mol. The van der Waals surface area contributed by atoms with Gasteiger partial charge in [0, 0.05) is 6.42 Å². The van der Waals surface area contributed by atoms with E-state index in [9.17, 15) is 0 Å². The minimum Gasteiger partial charge on any atom is -0.396 e. The first-order valence-corrected chi connectivity index (χ1v) is 3.82. The van der Waals surface area contributed by atoms with Gasteiger partial charge in [0.15, 0.2) is 11.6 Å². The van der Waals surface area contributed by atoms with E-state index in [1.54, 1.807) is 0 Å². The third-order valence-electron chi connectivity index (χ3n) is 1.29. The van der Waals surface area contributed by atoms with E-state index in [-0.39, 0.29) is 18.9 Å². The minimum atomic E-state index is -0.993. The van der Waals surface area contributed by atoms with Crippen molar-refractivity contribution in [2.45, 2.75) is 19.1 Å². The van der Waals surface area contributed by atoms with E-state index in [4.69, 9.17) is 15.9 Å².